The van der Waals surface area contributed by atoms with Gasteiger partial charge in [0.25, 0.3) is 0 Å². The van der Waals surface area contributed by atoms with Gasteiger partial charge in [0.2, 0.25) is 5.91 Å². The second kappa shape index (κ2) is 5.88. The minimum absolute atomic E-state index is 0.00345. The highest BCUT2D eigenvalue weighted by molar-refractivity contribution is 5.77. The SMILES string of the molecule is O=C(O)CCCC(=O)NC1CC(O)C12CCOCC2. The molecule has 0 bridgehead atoms. The molecule has 1 amide bonds. The predicted octanol–water partition coefficient (Wildman–Crippen LogP) is 0.287. The number of carboxylic acid groups (broad SMARTS) is 1. The van der Waals surface area contributed by atoms with Crippen molar-refractivity contribution in [1.29, 1.82) is 0 Å². The van der Waals surface area contributed by atoms with Crippen LogP contribution in [0.4, 0.5) is 0 Å². The fourth-order valence-electron chi connectivity index (χ4n) is 3.07. The number of hydrogen-bond donors (Lipinski definition) is 3. The lowest BCUT2D eigenvalue weighted by Gasteiger charge is -2.55. The Balaban J connectivity index is 1.79. The summed E-state index contributed by atoms with van der Waals surface area (Å²) in [7, 11) is 0. The van der Waals surface area contributed by atoms with Crippen molar-refractivity contribution in [3.63, 3.8) is 0 Å². The smallest absolute Gasteiger partial charge is 0.303 e. The van der Waals surface area contributed by atoms with E-state index in [0.29, 0.717) is 26.1 Å². The summed E-state index contributed by atoms with van der Waals surface area (Å²) in [6.07, 6.45) is 2.37. The van der Waals surface area contributed by atoms with Gasteiger partial charge in [0.15, 0.2) is 0 Å². The molecular weight excluding hydrogens is 250 g/mol. The van der Waals surface area contributed by atoms with E-state index >= 15 is 0 Å². The van der Waals surface area contributed by atoms with Crippen LogP contribution in [0.15, 0.2) is 0 Å². The molecule has 2 fully saturated rings. The zero-order valence-corrected chi connectivity index (χ0v) is 10.9. The molecule has 6 heteroatoms. The molecule has 2 unspecified atom stereocenters. The maximum atomic E-state index is 11.7. The minimum atomic E-state index is -0.882. The highest BCUT2D eigenvalue weighted by Crippen LogP contribution is 2.48. The molecule has 1 aliphatic carbocycles. The lowest BCUT2D eigenvalue weighted by atomic mass is 9.58. The molecule has 1 aliphatic heterocycles. The Morgan fingerprint density at radius 1 is 1.26 bits per heavy atom. The summed E-state index contributed by atoms with van der Waals surface area (Å²) in [4.78, 5) is 22.1. The molecule has 0 aromatic carbocycles. The van der Waals surface area contributed by atoms with Gasteiger partial charge in [-0.1, -0.05) is 0 Å². The van der Waals surface area contributed by atoms with Gasteiger partial charge in [-0.3, -0.25) is 9.59 Å². The first-order valence-electron chi connectivity index (χ1n) is 6.81. The molecule has 1 spiro atoms. The highest BCUT2D eigenvalue weighted by Gasteiger charge is 2.55. The van der Waals surface area contributed by atoms with Gasteiger partial charge in [-0.05, 0) is 25.7 Å². The van der Waals surface area contributed by atoms with E-state index in [1.165, 1.54) is 0 Å². The molecule has 1 saturated carbocycles. The number of nitrogens with one attached hydrogen (secondary N) is 1. The van der Waals surface area contributed by atoms with Gasteiger partial charge in [0.05, 0.1) is 6.10 Å². The quantitative estimate of drug-likeness (QED) is 0.668. The number of carbonyl (C=O) groups excluding carboxylic acids is 1. The zero-order chi connectivity index (χ0) is 13.9. The van der Waals surface area contributed by atoms with Crippen LogP contribution in [0.25, 0.3) is 0 Å². The van der Waals surface area contributed by atoms with E-state index in [1.807, 2.05) is 0 Å². The molecule has 2 rings (SSSR count). The van der Waals surface area contributed by atoms with Crippen LogP contribution in [0.3, 0.4) is 0 Å². The number of carboxylic acids is 1. The Morgan fingerprint density at radius 3 is 2.53 bits per heavy atom. The first-order chi connectivity index (χ1) is 9.04. The Kier molecular flexibility index (Phi) is 4.42. The molecule has 2 atom stereocenters. The van der Waals surface area contributed by atoms with E-state index in [9.17, 15) is 14.7 Å². The van der Waals surface area contributed by atoms with Gasteiger partial charge in [-0.25, -0.2) is 0 Å². The van der Waals surface area contributed by atoms with Crippen LogP contribution in [0, 0.1) is 5.41 Å². The molecule has 0 aromatic heterocycles. The van der Waals surface area contributed by atoms with Crippen molar-refractivity contribution in [3.8, 4) is 0 Å². The van der Waals surface area contributed by atoms with Crippen molar-refractivity contribution in [3.05, 3.63) is 0 Å². The van der Waals surface area contributed by atoms with Crippen LogP contribution >= 0.6 is 0 Å². The van der Waals surface area contributed by atoms with Gasteiger partial charge in [-0.15, -0.1) is 0 Å². The minimum Gasteiger partial charge on any atom is -0.481 e. The lowest BCUT2D eigenvalue weighted by Crippen LogP contribution is -2.65. The number of amides is 1. The van der Waals surface area contributed by atoms with Gasteiger partial charge in [0, 0.05) is 37.5 Å². The fraction of sp³-hybridized carbons (Fsp3) is 0.846. The number of ether oxygens (including phenoxy) is 1. The van der Waals surface area contributed by atoms with Gasteiger partial charge in [0.1, 0.15) is 0 Å². The first kappa shape index (κ1) is 14.3. The summed E-state index contributed by atoms with van der Waals surface area (Å²) in [6.45, 7) is 1.25. The monoisotopic (exact) mass is 271 g/mol. The zero-order valence-electron chi connectivity index (χ0n) is 10.9. The van der Waals surface area contributed by atoms with Crippen molar-refractivity contribution in [1.82, 2.24) is 5.32 Å². The summed E-state index contributed by atoms with van der Waals surface area (Å²) < 4.78 is 5.30. The highest BCUT2D eigenvalue weighted by atomic mass is 16.5. The van der Waals surface area contributed by atoms with Crippen LogP contribution < -0.4 is 5.32 Å². The summed E-state index contributed by atoms with van der Waals surface area (Å²) in [5.41, 5.74) is -0.222. The summed E-state index contributed by atoms with van der Waals surface area (Å²) >= 11 is 0. The summed E-state index contributed by atoms with van der Waals surface area (Å²) in [5.74, 6) is -1.00. The van der Waals surface area contributed by atoms with Gasteiger partial charge in [-0.2, -0.15) is 0 Å². The van der Waals surface area contributed by atoms with Crippen molar-refractivity contribution in [2.75, 3.05) is 13.2 Å². The second-order valence-electron chi connectivity index (χ2n) is 5.46. The average molecular weight is 271 g/mol. The summed E-state index contributed by atoms with van der Waals surface area (Å²) in [6, 6.07) is 0.00345. The Morgan fingerprint density at radius 2 is 1.95 bits per heavy atom. The average Bonchev–Trinajstić information content (AvgIpc) is 2.39. The fourth-order valence-corrected chi connectivity index (χ4v) is 3.07. The molecule has 6 nitrogen and oxygen atoms in total. The standard InChI is InChI=1S/C13H21NO5/c15-10-8-9(13(10)4-6-19-7-5-13)14-11(16)2-1-3-12(17)18/h9-10,15H,1-8H2,(H,14,16)(H,17,18). The van der Waals surface area contributed by atoms with Crippen LogP contribution in [0.1, 0.15) is 38.5 Å². The number of hydrogen-bond acceptors (Lipinski definition) is 4. The number of carbonyl (C=O) groups is 2. The third kappa shape index (κ3) is 3.06. The van der Waals surface area contributed by atoms with E-state index < -0.39 is 5.97 Å². The Bertz CT molecular complexity index is 351. The molecule has 1 saturated heterocycles. The molecule has 0 radical (unpaired) electrons. The van der Waals surface area contributed by atoms with Crippen LogP contribution in [-0.2, 0) is 14.3 Å². The maximum Gasteiger partial charge on any atom is 0.303 e. The number of aliphatic hydroxyl groups excluding tert-OH is 1. The van der Waals surface area contributed by atoms with Crippen molar-refractivity contribution in [2.24, 2.45) is 5.41 Å². The van der Waals surface area contributed by atoms with E-state index in [4.69, 9.17) is 9.84 Å². The number of aliphatic carboxylic acids is 1. The van der Waals surface area contributed by atoms with E-state index in [-0.39, 0.29) is 36.3 Å². The Hall–Kier alpha value is -1.14. The van der Waals surface area contributed by atoms with Crippen LogP contribution in [-0.4, -0.2) is 47.4 Å². The molecule has 108 valence electrons. The van der Waals surface area contributed by atoms with Gasteiger partial charge < -0.3 is 20.3 Å². The molecule has 0 aromatic rings. The topological polar surface area (TPSA) is 95.9 Å². The Labute approximate surface area is 112 Å². The normalized spacial score (nSPS) is 28.7. The molecule has 2 aliphatic rings. The first-order valence-corrected chi connectivity index (χ1v) is 6.81. The second-order valence-corrected chi connectivity index (χ2v) is 5.46. The largest absolute Gasteiger partial charge is 0.481 e. The predicted molar refractivity (Wildman–Crippen MR) is 66.5 cm³/mol. The number of rotatable bonds is 5. The maximum absolute atomic E-state index is 11.7. The molecule has 3 N–H and O–H groups in total. The van der Waals surface area contributed by atoms with E-state index in [0.717, 1.165) is 12.8 Å². The van der Waals surface area contributed by atoms with E-state index in [2.05, 4.69) is 5.32 Å². The van der Waals surface area contributed by atoms with Crippen LogP contribution in [0.5, 0.6) is 0 Å². The van der Waals surface area contributed by atoms with Crippen LogP contribution in [0.2, 0.25) is 0 Å². The third-order valence-corrected chi connectivity index (χ3v) is 4.37. The van der Waals surface area contributed by atoms with Crippen molar-refractivity contribution in [2.45, 2.75) is 50.7 Å². The van der Waals surface area contributed by atoms with E-state index in [1.54, 1.807) is 0 Å². The third-order valence-electron chi connectivity index (χ3n) is 4.37. The number of aliphatic hydroxyl groups is 1. The summed E-state index contributed by atoms with van der Waals surface area (Å²) in [5, 5.41) is 21.4. The van der Waals surface area contributed by atoms with Crippen molar-refractivity contribution < 1.29 is 24.5 Å². The lowest BCUT2D eigenvalue weighted by molar-refractivity contribution is -0.156. The van der Waals surface area contributed by atoms with Crippen molar-refractivity contribution >= 4 is 11.9 Å². The van der Waals surface area contributed by atoms with Gasteiger partial charge >= 0.3 is 5.97 Å². The molecule has 19 heavy (non-hydrogen) atoms. The molecule has 1 heterocycles. The molecular formula is C13H21NO5.